The number of hydrogen-bond acceptors (Lipinski definition) is 3. The number of halogens is 1. The first-order chi connectivity index (χ1) is 18.5. The maximum atomic E-state index is 14.0. The van der Waals surface area contributed by atoms with Crippen LogP contribution in [-0.2, 0) is 16.7 Å². The smallest absolute Gasteiger partial charge is 0.257 e. The van der Waals surface area contributed by atoms with Gasteiger partial charge in [-0.3, -0.25) is 9.59 Å². The number of amides is 1. The van der Waals surface area contributed by atoms with Crippen molar-refractivity contribution in [2.75, 3.05) is 11.6 Å². The summed E-state index contributed by atoms with van der Waals surface area (Å²) in [7, 11) is 2.20. The highest BCUT2D eigenvalue weighted by Gasteiger charge is 2.34. The van der Waals surface area contributed by atoms with Crippen molar-refractivity contribution in [1.82, 2.24) is 4.90 Å². The zero-order chi connectivity index (χ0) is 28.3. The number of Topliss-reactive ketones (excluding diaryl/α,β-unsaturated/α-hetero) is 1. The fraction of sp³-hybridized carbons (Fsp3) is 0.576. The Hall–Kier alpha value is -2.26. The monoisotopic (exact) mass is 552 g/mol. The van der Waals surface area contributed by atoms with E-state index in [0.29, 0.717) is 24.3 Å². The summed E-state index contributed by atoms with van der Waals surface area (Å²) in [5.74, 6) is 4.16. The average molecular weight is 553 g/mol. The number of carbonyl (C=O) groups is 2. The Balaban J connectivity index is 0.000000243. The Kier molecular flexibility index (Phi) is 9.53. The fourth-order valence-electron chi connectivity index (χ4n) is 6.87. The minimum Gasteiger partial charge on any atom is -0.349 e. The van der Waals surface area contributed by atoms with Crippen LogP contribution in [0.1, 0.15) is 94.6 Å². The van der Waals surface area contributed by atoms with Gasteiger partial charge >= 0.3 is 0 Å². The molecule has 2 aromatic carbocycles. The Morgan fingerprint density at radius 3 is 2.23 bits per heavy atom. The molecule has 2 aliphatic carbocycles. The Morgan fingerprint density at radius 2 is 1.67 bits per heavy atom. The topological polar surface area (TPSA) is 40.6 Å². The predicted molar refractivity (Wildman–Crippen MR) is 161 cm³/mol. The molecule has 3 aliphatic rings. The molecule has 0 aromatic heterocycles. The third-order valence-electron chi connectivity index (χ3n) is 9.06. The van der Waals surface area contributed by atoms with Crippen molar-refractivity contribution in [1.29, 1.82) is 0 Å². The van der Waals surface area contributed by atoms with Crippen LogP contribution in [-0.4, -0.2) is 29.3 Å². The van der Waals surface area contributed by atoms with Crippen LogP contribution in [0.25, 0.3) is 0 Å². The van der Waals surface area contributed by atoms with Gasteiger partial charge in [-0.05, 0) is 99.8 Å². The molecule has 1 amide bonds. The molecule has 0 N–H and O–H groups in total. The second-order valence-corrected chi connectivity index (χ2v) is 13.6. The molecule has 212 valence electrons. The van der Waals surface area contributed by atoms with E-state index in [-0.39, 0.29) is 11.7 Å². The molecule has 1 heterocycles. The third kappa shape index (κ3) is 7.28. The number of ketones is 1. The van der Waals surface area contributed by atoms with Crippen LogP contribution < -0.4 is 4.90 Å². The summed E-state index contributed by atoms with van der Waals surface area (Å²) in [6, 6.07) is 14.3. The second-order valence-electron chi connectivity index (χ2n) is 12.5. The SMILES string of the molecule is CC(=O)C(C)N1CN(Cc2ccc(C(C)(F)P)cc2)c2ccccc2C1=O.CCC1CC2CC(C)CC(C1)C2. The molecule has 2 saturated carbocycles. The number of nitrogens with zero attached hydrogens (tertiary/aromatic N) is 2. The van der Waals surface area contributed by atoms with E-state index in [0.717, 1.165) is 34.9 Å². The molecule has 4 nitrogen and oxygen atoms in total. The number of alkyl halides is 1. The summed E-state index contributed by atoms with van der Waals surface area (Å²) in [6.45, 7) is 10.5. The minimum absolute atomic E-state index is 0.0466. The predicted octanol–water partition coefficient (Wildman–Crippen LogP) is 7.96. The molecule has 5 rings (SSSR count). The fourth-order valence-corrected chi connectivity index (χ4v) is 7.07. The summed E-state index contributed by atoms with van der Waals surface area (Å²) in [6.07, 6.45) is 9.18. The van der Waals surface area contributed by atoms with Crippen molar-refractivity contribution >= 4 is 26.6 Å². The van der Waals surface area contributed by atoms with Crippen molar-refractivity contribution in [3.05, 3.63) is 65.2 Å². The molecule has 5 unspecified atom stereocenters. The summed E-state index contributed by atoms with van der Waals surface area (Å²) in [4.78, 5) is 28.3. The van der Waals surface area contributed by atoms with Gasteiger partial charge in [0.25, 0.3) is 5.91 Å². The minimum atomic E-state index is -1.46. The third-order valence-corrected chi connectivity index (χ3v) is 9.39. The molecule has 0 saturated heterocycles. The van der Waals surface area contributed by atoms with E-state index in [4.69, 9.17) is 0 Å². The summed E-state index contributed by atoms with van der Waals surface area (Å²) >= 11 is 0. The number of fused-ring (bicyclic) bond motifs is 3. The van der Waals surface area contributed by atoms with Gasteiger partial charge in [0.2, 0.25) is 0 Å². The lowest BCUT2D eigenvalue weighted by molar-refractivity contribution is -0.120. The molecule has 0 radical (unpaired) electrons. The number of benzene rings is 2. The van der Waals surface area contributed by atoms with Gasteiger partial charge in [0.15, 0.2) is 5.78 Å². The zero-order valence-corrected chi connectivity index (χ0v) is 25.5. The number of hydrogen-bond donors (Lipinski definition) is 0. The number of anilines is 1. The molecule has 2 aromatic rings. The lowest BCUT2D eigenvalue weighted by Crippen LogP contribution is -2.52. The Morgan fingerprint density at radius 1 is 1.05 bits per heavy atom. The van der Waals surface area contributed by atoms with Crippen molar-refractivity contribution in [2.24, 2.45) is 23.7 Å². The van der Waals surface area contributed by atoms with Gasteiger partial charge in [0, 0.05) is 6.54 Å². The van der Waals surface area contributed by atoms with Gasteiger partial charge in [-0.2, -0.15) is 0 Å². The van der Waals surface area contributed by atoms with Crippen LogP contribution in [0.3, 0.4) is 0 Å². The number of rotatable bonds is 6. The zero-order valence-electron chi connectivity index (χ0n) is 24.3. The van der Waals surface area contributed by atoms with Gasteiger partial charge in [-0.1, -0.05) is 65.9 Å². The molecule has 1 aliphatic heterocycles. The number of carbonyl (C=O) groups excluding carboxylic acids is 2. The summed E-state index contributed by atoms with van der Waals surface area (Å²) < 4.78 is 14.0. The van der Waals surface area contributed by atoms with Crippen molar-refractivity contribution < 1.29 is 14.0 Å². The molecule has 2 bridgehead atoms. The first-order valence-electron chi connectivity index (χ1n) is 14.7. The second kappa shape index (κ2) is 12.5. The van der Waals surface area contributed by atoms with Gasteiger partial charge in [-0.25, -0.2) is 4.39 Å². The first-order valence-corrected chi connectivity index (χ1v) is 15.3. The Labute approximate surface area is 236 Å². The lowest BCUT2D eigenvalue weighted by atomic mass is 9.64. The van der Waals surface area contributed by atoms with E-state index in [2.05, 4.69) is 28.0 Å². The van der Waals surface area contributed by atoms with E-state index in [9.17, 15) is 14.0 Å². The highest BCUT2D eigenvalue weighted by molar-refractivity contribution is 7.18. The van der Waals surface area contributed by atoms with Crippen LogP contribution in [0, 0.1) is 23.7 Å². The van der Waals surface area contributed by atoms with Crippen LogP contribution in [0.5, 0.6) is 0 Å². The molecule has 2 fully saturated rings. The van der Waals surface area contributed by atoms with Gasteiger partial charge < -0.3 is 9.80 Å². The van der Waals surface area contributed by atoms with Gasteiger partial charge in [-0.15, -0.1) is 0 Å². The molecule has 0 spiro atoms. The summed E-state index contributed by atoms with van der Waals surface area (Å²) in [5.41, 5.74) is 3.04. The molecule has 39 heavy (non-hydrogen) atoms. The largest absolute Gasteiger partial charge is 0.349 e. The summed E-state index contributed by atoms with van der Waals surface area (Å²) in [5, 5.41) is -1.46. The maximum absolute atomic E-state index is 14.0. The molecular formula is C33H46FN2O2P. The number of para-hydroxylation sites is 1. The van der Waals surface area contributed by atoms with Crippen LogP contribution in [0.4, 0.5) is 10.1 Å². The highest BCUT2D eigenvalue weighted by atomic mass is 31.0. The molecule has 5 atom stereocenters. The lowest BCUT2D eigenvalue weighted by Gasteiger charge is -2.41. The Bertz CT molecular complexity index is 1130. The quantitative estimate of drug-likeness (QED) is 0.341. The van der Waals surface area contributed by atoms with Crippen molar-refractivity contribution in [3.63, 3.8) is 0 Å². The first kappa shape index (κ1) is 29.7. The van der Waals surface area contributed by atoms with E-state index in [1.807, 2.05) is 30.3 Å². The van der Waals surface area contributed by atoms with Crippen LogP contribution in [0.2, 0.25) is 0 Å². The van der Waals surface area contributed by atoms with E-state index >= 15 is 0 Å². The van der Waals surface area contributed by atoms with Crippen LogP contribution in [0.15, 0.2) is 48.5 Å². The molecule has 6 heteroatoms. The van der Waals surface area contributed by atoms with E-state index in [1.165, 1.54) is 33.1 Å². The maximum Gasteiger partial charge on any atom is 0.257 e. The highest BCUT2D eigenvalue weighted by Crippen LogP contribution is 2.45. The van der Waals surface area contributed by atoms with E-state index in [1.54, 1.807) is 49.3 Å². The van der Waals surface area contributed by atoms with Crippen molar-refractivity contribution in [2.45, 2.75) is 91.1 Å². The average Bonchev–Trinajstić information content (AvgIpc) is 2.89. The standard InChI is InChI=1S/C21H24FN2O2P.C12H22/c1-14(15(2)25)24-13-23(19-7-5-4-6-18(19)20(24)26)12-16-8-10-17(11-9-16)21(3,22)27;1-3-10-6-11-4-9(2)5-12(7-10)8-11/h4-11,14H,12-13,27H2,1-3H3;9-12H,3-8H2,1-2H3. The van der Waals surface area contributed by atoms with Crippen molar-refractivity contribution in [3.8, 4) is 0 Å². The van der Waals surface area contributed by atoms with Crippen LogP contribution >= 0.6 is 9.24 Å². The molecular weight excluding hydrogens is 506 g/mol. The van der Waals surface area contributed by atoms with Gasteiger partial charge in [0.1, 0.15) is 5.41 Å². The van der Waals surface area contributed by atoms with Gasteiger partial charge in [0.05, 0.1) is 24.0 Å². The normalized spacial score (nSPS) is 26.6. The van der Waals surface area contributed by atoms with E-state index < -0.39 is 11.5 Å².